The summed E-state index contributed by atoms with van der Waals surface area (Å²) in [6.45, 7) is 15.3. The second-order valence-corrected chi connectivity index (χ2v) is 6.02. The lowest BCUT2D eigenvalue weighted by Gasteiger charge is -2.17. The molecular weight excluding hydrogens is 230 g/mol. The predicted molar refractivity (Wildman–Crippen MR) is 86.7 cm³/mol. The van der Waals surface area contributed by atoms with E-state index in [1.54, 1.807) is 0 Å². The third kappa shape index (κ3) is 5.10. The van der Waals surface area contributed by atoms with Gasteiger partial charge in [0.05, 0.1) is 0 Å². The Bertz CT molecular complexity index is 406. The molecule has 1 aromatic rings. The first-order valence-corrected chi connectivity index (χ1v) is 7.49. The van der Waals surface area contributed by atoms with Gasteiger partial charge in [0.2, 0.25) is 0 Å². The van der Waals surface area contributed by atoms with Crippen LogP contribution in [0.5, 0.6) is 0 Å². The summed E-state index contributed by atoms with van der Waals surface area (Å²) < 4.78 is 0. The molecule has 106 valence electrons. The summed E-state index contributed by atoms with van der Waals surface area (Å²) in [5.41, 5.74) is 6.47. The van der Waals surface area contributed by atoms with Crippen LogP contribution in [-0.4, -0.2) is 0 Å². The summed E-state index contributed by atoms with van der Waals surface area (Å²) in [5, 5.41) is 3.51. The quantitative estimate of drug-likeness (QED) is 0.670. The number of nitrogens with one attached hydrogen (secondary N) is 1. The van der Waals surface area contributed by atoms with Crippen LogP contribution in [0.1, 0.15) is 56.7 Å². The third-order valence-corrected chi connectivity index (χ3v) is 3.46. The number of hydrogen-bond donors (Lipinski definition) is 1. The van der Waals surface area contributed by atoms with E-state index in [4.69, 9.17) is 0 Å². The molecule has 0 amide bonds. The van der Waals surface area contributed by atoms with Crippen molar-refractivity contribution in [1.82, 2.24) is 0 Å². The first-order valence-electron chi connectivity index (χ1n) is 7.49. The molecule has 0 saturated carbocycles. The van der Waals surface area contributed by atoms with E-state index < -0.39 is 0 Å². The Kier molecular flexibility index (Phi) is 6.14. The number of rotatable bonds is 7. The molecule has 0 aliphatic rings. The zero-order valence-electron chi connectivity index (χ0n) is 13.3. The summed E-state index contributed by atoms with van der Waals surface area (Å²) in [6, 6.07) is 4.60. The van der Waals surface area contributed by atoms with Gasteiger partial charge in [-0.3, -0.25) is 0 Å². The Labute approximate surface area is 119 Å². The van der Waals surface area contributed by atoms with Crippen molar-refractivity contribution >= 4 is 5.69 Å². The minimum atomic E-state index is 0.729. The van der Waals surface area contributed by atoms with E-state index in [-0.39, 0.29) is 0 Å². The molecule has 0 spiro atoms. The van der Waals surface area contributed by atoms with Gasteiger partial charge in [-0.2, -0.15) is 0 Å². The van der Waals surface area contributed by atoms with E-state index in [1.807, 2.05) is 0 Å². The fourth-order valence-electron chi connectivity index (χ4n) is 2.39. The van der Waals surface area contributed by atoms with E-state index in [9.17, 15) is 0 Å². The van der Waals surface area contributed by atoms with E-state index in [0.29, 0.717) is 0 Å². The Morgan fingerprint density at radius 2 is 1.79 bits per heavy atom. The topological polar surface area (TPSA) is 12.0 Å². The van der Waals surface area contributed by atoms with Gasteiger partial charge in [-0.1, -0.05) is 45.9 Å². The zero-order valence-corrected chi connectivity index (χ0v) is 13.3. The van der Waals surface area contributed by atoms with Gasteiger partial charge < -0.3 is 5.32 Å². The van der Waals surface area contributed by atoms with Gasteiger partial charge in [-0.25, -0.2) is 0 Å². The van der Waals surface area contributed by atoms with Gasteiger partial charge in [-0.15, -0.1) is 0 Å². The maximum absolute atomic E-state index is 4.15. The Balaban J connectivity index is 2.75. The summed E-state index contributed by atoms with van der Waals surface area (Å²) >= 11 is 0. The average molecular weight is 259 g/mol. The predicted octanol–water partition coefficient (Wildman–Crippen LogP) is 5.62. The van der Waals surface area contributed by atoms with Crippen molar-refractivity contribution in [1.29, 1.82) is 0 Å². The molecule has 0 fully saturated rings. The molecule has 0 unspecified atom stereocenters. The zero-order chi connectivity index (χ0) is 14.4. The fraction of sp³-hybridized carbons (Fsp3) is 0.556. The Hall–Kier alpha value is -1.24. The fourth-order valence-corrected chi connectivity index (χ4v) is 2.39. The highest BCUT2D eigenvalue weighted by molar-refractivity contribution is 5.60. The van der Waals surface area contributed by atoms with Crippen molar-refractivity contribution < 1.29 is 0 Å². The van der Waals surface area contributed by atoms with Crippen molar-refractivity contribution in [2.24, 2.45) is 5.92 Å². The highest BCUT2D eigenvalue weighted by Gasteiger charge is 2.06. The van der Waals surface area contributed by atoms with Crippen LogP contribution in [-0.2, 0) is 6.42 Å². The molecule has 0 bridgehead atoms. The van der Waals surface area contributed by atoms with Gasteiger partial charge in [-0.05, 0) is 55.7 Å². The molecule has 0 aliphatic carbocycles. The SMILES string of the molecule is C=C(CCC(C)C)Nc1c(C)cc(CCC)cc1C. The highest BCUT2D eigenvalue weighted by Crippen LogP contribution is 2.25. The summed E-state index contributed by atoms with van der Waals surface area (Å²) in [4.78, 5) is 0. The van der Waals surface area contributed by atoms with Crippen LogP contribution in [0, 0.1) is 19.8 Å². The van der Waals surface area contributed by atoms with Crippen LogP contribution in [0.2, 0.25) is 0 Å². The third-order valence-electron chi connectivity index (χ3n) is 3.46. The van der Waals surface area contributed by atoms with Crippen LogP contribution in [0.3, 0.4) is 0 Å². The highest BCUT2D eigenvalue weighted by atomic mass is 14.9. The first kappa shape index (κ1) is 15.8. The number of benzene rings is 1. The van der Waals surface area contributed by atoms with E-state index in [2.05, 4.69) is 58.6 Å². The molecular formula is C18H29N. The lowest BCUT2D eigenvalue weighted by Crippen LogP contribution is -2.04. The van der Waals surface area contributed by atoms with Gasteiger partial charge in [0.25, 0.3) is 0 Å². The lowest BCUT2D eigenvalue weighted by atomic mass is 10.0. The largest absolute Gasteiger partial charge is 0.359 e. The molecule has 1 rings (SSSR count). The first-order chi connectivity index (χ1) is 8.93. The molecule has 0 saturated heterocycles. The van der Waals surface area contributed by atoms with Crippen molar-refractivity contribution in [2.75, 3.05) is 5.32 Å². The van der Waals surface area contributed by atoms with Crippen molar-refractivity contribution in [3.05, 3.63) is 41.1 Å². The van der Waals surface area contributed by atoms with Crippen LogP contribution >= 0.6 is 0 Å². The monoisotopic (exact) mass is 259 g/mol. The molecule has 1 heteroatoms. The summed E-state index contributed by atoms with van der Waals surface area (Å²) in [5.74, 6) is 0.729. The van der Waals surface area contributed by atoms with Gasteiger partial charge in [0, 0.05) is 11.4 Å². The van der Waals surface area contributed by atoms with Crippen LogP contribution < -0.4 is 5.32 Å². The van der Waals surface area contributed by atoms with Crippen LogP contribution in [0.15, 0.2) is 24.4 Å². The number of aryl methyl sites for hydroxylation is 3. The summed E-state index contributed by atoms with van der Waals surface area (Å²) in [6.07, 6.45) is 4.61. The molecule has 0 aromatic heterocycles. The molecule has 0 aliphatic heterocycles. The molecule has 19 heavy (non-hydrogen) atoms. The average Bonchev–Trinajstić information content (AvgIpc) is 2.31. The lowest BCUT2D eigenvalue weighted by molar-refractivity contribution is 0.586. The van der Waals surface area contributed by atoms with Crippen LogP contribution in [0.4, 0.5) is 5.69 Å². The van der Waals surface area contributed by atoms with E-state index in [0.717, 1.165) is 24.5 Å². The minimum absolute atomic E-state index is 0.729. The van der Waals surface area contributed by atoms with Gasteiger partial charge >= 0.3 is 0 Å². The van der Waals surface area contributed by atoms with E-state index >= 15 is 0 Å². The number of allylic oxidation sites excluding steroid dienone is 1. The Morgan fingerprint density at radius 3 is 2.26 bits per heavy atom. The standard InChI is InChI=1S/C18H29N/c1-7-8-17-11-14(4)18(15(5)12-17)19-16(6)10-9-13(2)3/h11-13,19H,6-10H2,1-5H3. The van der Waals surface area contributed by atoms with E-state index in [1.165, 1.54) is 35.2 Å². The number of hydrogen-bond acceptors (Lipinski definition) is 1. The molecule has 1 aromatic carbocycles. The second-order valence-electron chi connectivity index (χ2n) is 6.02. The maximum atomic E-state index is 4.15. The number of anilines is 1. The molecule has 1 N–H and O–H groups in total. The summed E-state index contributed by atoms with van der Waals surface area (Å²) in [7, 11) is 0. The van der Waals surface area contributed by atoms with Crippen LogP contribution in [0.25, 0.3) is 0 Å². The van der Waals surface area contributed by atoms with Gasteiger partial charge in [0.1, 0.15) is 0 Å². The molecule has 1 nitrogen and oxygen atoms in total. The minimum Gasteiger partial charge on any atom is -0.359 e. The van der Waals surface area contributed by atoms with Gasteiger partial charge in [0.15, 0.2) is 0 Å². The normalized spacial score (nSPS) is 10.8. The second kappa shape index (κ2) is 7.37. The Morgan fingerprint density at radius 1 is 1.21 bits per heavy atom. The molecule has 0 heterocycles. The van der Waals surface area contributed by atoms with Crippen molar-refractivity contribution in [3.8, 4) is 0 Å². The van der Waals surface area contributed by atoms with Crippen molar-refractivity contribution in [2.45, 2.75) is 60.3 Å². The smallest absolute Gasteiger partial charge is 0.0441 e. The maximum Gasteiger partial charge on any atom is 0.0441 e. The molecule has 0 radical (unpaired) electrons. The molecule has 0 atom stereocenters. The van der Waals surface area contributed by atoms with Crippen molar-refractivity contribution in [3.63, 3.8) is 0 Å².